The van der Waals surface area contributed by atoms with Crippen molar-refractivity contribution in [3.63, 3.8) is 0 Å². The molecule has 0 aliphatic heterocycles. The summed E-state index contributed by atoms with van der Waals surface area (Å²) >= 11 is 0. The van der Waals surface area contributed by atoms with Crippen LogP contribution in [0.5, 0.6) is 5.75 Å². The van der Waals surface area contributed by atoms with E-state index in [1.54, 1.807) is 18.5 Å². The predicted octanol–water partition coefficient (Wildman–Crippen LogP) is 1.07. The molecule has 1 aromatic carbocycles. The van der Waals surface area contributed by atoms with Crippen LogP contribution in [0.2, 0.25) is 0 Å². The summed E-state index contributed by atoms with van der Waals surface area (Å²) in [5.74, 6) is 0.315. The monoisotopic (exact) mass is 320 g/mol. The average Bonchev–Trinajstić information content (AvgIpc) is 2.51. The first-order valence-electron chi connectivity index (χ1n) is 7.04. The van der Waals surface area contributed by atoms with Gasteiger partial charge in [-0.25, -0.2) is 0 Å². The topological polar surface area (TPSA) is 71.3 Å². The minimum absolute atomic E-state index is 0.233. The van der Waals surface area contributed by atoms with Crippen LogP contribution in [0.4, 0.5) is 0 Å². The molecule has 1 atom stereocenters. The third-order valence-electron chi connectivity index (χ3n) is 3.30. The number of aromatic nitrogens is 1. The molecule has 0 fully saturated rings. The highest BCUT2D eigenvalue weighted by Gasteiger charge is 2.08. The molecule has 5 nitrogen and oxygen atoms in total. The Labute approximate surface area is 132 Å². The van der Waals surface area contributed by atoms with Crippen molar-refractivity contribution in [2.75, 3.05) is 18.6 Å². The molecular formula is C16H20N2O3S. The van der Waals surface area contributed by atoms with E-state index in [4.69, 9.17) is 0 Å². The lowest BCUT2D eigenvalue weighted by molar-refractivity contribution is 0.449. The number of rotatable bonds is 7. The van der Waals surface area contributed by atoms with E-state index in [0.29, 0.717) is 31.0 Å². The summed E-state index contributed by atoms with van der Waals surface area (Å²) in [5, 5.41) is 13.1. The van der Waals surface area contributed by atoms with Crippen LogP contribution in [0, 0.1) is 0 Å². The molecule has 0 saturated heterocycles. The van der Waals surface area contributed by atoms with Gasteiger partial charge < -0.3 is 15.0 Å². The van der Waals surface area contributed by atoms with Gasteiger partial charge in [-0.3, -0.25) is 9.00 Å². The molecule has 2 N–H and O–H groups in total. The van der Waals surface area contributed by atoms with Crippen molar-refractivity contribution in [1.82, 2.24) is 9.88 Å². The molecule has 118 valence electrons. The summed E-state index contributed by atoms with van der Waals surface area (Å²) in [5.41, 5.74) is 1.15. The first-order valence-corrected chi connectivity index (χ1v) is 8.76. The van der Waals surface area contributed by atoms with Crippen LogP contribution in [0.25, 0.3) is 0 Å². The quantitative estimate of drug-likeness (QED) is 0.749. The predicted molar refractivity (Wildman–Crippen MR) is 88.6 cm³/mol. The van der Waals surface area contributed by atoms with Crippen molar-refractivity contribution in [2.45, 2.75) is 13.1 Å². The summed E-state index contributed by atoms with van der Waals surface area (Å²) in [6.45, 7) is 1.38. The van der Waals surface area contributed by atoms with Crippen molar-refractivity contribution in [1.29, 1.82) is 0 Å². The van der Waals surface area contributed by atoms with Crippen LogP contribution in [-0.2, 0) is 23.9 Å². The van der Waals surface area contributed by atoms with Crippen molar-refractivity contribution in [2.24, 2.45) is 0 Å². The molecule has 0 bridgehead atoms. The van der Waals surface area contributed by atoms with E-state index < -0.39 is 16.4 Å². The fourth-order valence-electron chi connectivity index (χ4n) is 2.09. The van der Waals surface area contributed by atoms with Crippen molar-refractivity contribution >= 4 is 10.8 Å². The molecule has 0 amide bonds. The van der Waals surface area contributed by atoms with E-state index in [-0.39, 0.29) is 5.75 Å². The Morgan fingerprint density at radius 2 is 1.95 bits per heavy atom. The van der Waals surface area contributed by atoms with Gasteiger partial charge >= 0.3 is 0 Å². The van der Waals surface area contributed by atoms with Crippen molar-refractivity contribution < 1.29 is 9.32 Å². The van der Waals surface area contributed by atoms with Gasteiger partial charge in [-0.2, -0.15) is 0 Å². The van der Waals surface area contributed by atoms with Gasteiger partial charge in [-0.15, -0.1) is 0 Å². The Morgan fingerprint density at radius 1 is 1.23 bits per heavy atom. The molecule has 0 spiro atoms. The third-order valence-corrected chi connectivity index (χ3v) is 4.08. The normalized spacial score (nSPS) is 12.2. The smallest absolute Gasteiger partial charge is 0.293 e. The first-order chi connectivity index (χ1) is 10.6. The number of benzene rings is 1. The molecular weight excluding hydrogens is 300 g/mol. The molecule has 0 radical (unpaired) electrons. The van der Waals surface area contributed by atoms with Gasteiger partial charge in [-0.1, -0.05) is 30.3 Å². The Kier molecular flexibility index (Phi) is 5.91. The van der Waals surface area contributed by atoms with Crippen LogP contribution < -0.4 is 10.9 Å². The highest BCUT2D eigenvalue weighted by atomic mass is 32.2. The van der Waals surface area contributed by atoms with E-state index in [1.165, 1.54) is 4.57 Å². The van der Waals surface area contributed by atoms with Crippen LogP contribution in [0.1, 0.15) is 11.1 Å². The zero-order valence-electron chi connectivity index (χ0n) is 12.5. The van der Waals surface area contributed by atoms with E-state index in [0.717, 1.165) is 5.56 Å². The first kappa shape index (κ1) is 16.5. The van der Waals surface area contributed by atoms with Crippen LogP contribution in [-0.4, -0.2) is 32.4 Å². The second-order valence-corrected chi connectivity index (χ2v) is 6.62. The largest absolute Gasteiger partial charge is 0.503 e. The van der Waals surface area contributed by atoms with Crippen LogP contribution >= 0.6 is 0 Å². The maximum Gasteiger partial charge on any atom is 0.293 e. The second kappa shape index (κ2) is 7.91. The van der Waals surface area contributed by atoms with E-state index in [1.807, 2.05) is 30.3 Å². The van der Waals surface area contributed by atoms with Gasteiger partial charge in [0.15, 0.2) is 5.75 Å². The van der Waals surface area contributed by atoms with Crippen molar-refractivity contribution in [3.05, 3.63) is 64.1 Å². The Morgan fingerprint density at radius 3 is 2.64 bits per heavy atom. The number of nitrogens with one attached hydrogen (secondary N) is 1. The lowest BCUT2D eigenvalue weighted by Crippen LogP contribution is -2.24. The van der Waals surface area contributed by atoms with Crippen LogP contribution in [0.15, 0.2) is 47.4 Å². The molecule has 6 heteroatoms. The SMILES string of the molecule is CS(=O)CCNCc1ccn(Cc2ccccc2)c(=O)c1O. The number of aromatic hydroxyl groups is 1. The summed E-state index contributed by atoms with van der Waals surface area (Å²) < 4.78 is 12.4. The highest BCUT2D eigenvalue weighted by molar-refractivity contribution is 7.84. The summed E-state index contributed by atoms with van der Waals surface area (Å²) in [7, 11) is -0.850. The standard InChI is InChI=1S/C16H20N2O3S/c1-22(21)10-8-17-11-14-7-9-18(16(20)15(14)19)12-13-5-3-2-4-6-13/h2-7,9,17,19H,8,10-12H2,1H3. The lowest BCUT2D eigenvalue weighted by atomic mass is 10.2. The van der Waals surface area contributed by atoms with Gasteiger partial charge in [0.25, 0.3) is 5.56 Å². The molecule has 2 aromatic rings. The zero-order valence-corrected chi connectivity index (χ0v) is 13.3. The van der Waals surface area contributed by atoms with Gasteiger partial charge in [0, 0.05) is 47.7 Å². The minimum atomic E-state index is -0.850. The molecule has 0 aliphatic rings. The number of hydrogen-bond acceptors (Lipinski definition) is 4. The van der Waals surface area contributed by atoms with Gasteiger partial charge in [0.1, 0.15) is 0 Å². The fourth-order valence-corrected chi connectivity index (χ4v) is 2.52. The van der Waals surface area contributed by atoms with Crippen LogP contribution in [0.3, 0.4) is 0 Å². The molecule has 1 unspecified atom stereocenters. The summed E-state index contributed by atoms with van der Waals surface area (Å²) in [6, 6.07) is 11.3. The van der Waals surface area contributed by atoms with Gasteiger partial charge in [0.05, 0.1) is 6.54 Å². The average molecular weight is 320 g/mol. The zero-order chi connectivity index (χ0) is 15.9. The second-order valence-electron chi connectivity index (χ2n) is 5.06. The lowest BCUT2D eigenvalue weighted by Gasteiger charge is -2.10. The minimum Gasteiger partial charge on any atom is -0.503 e. The molecule has 1 aromatic heterocycles. The Balaban J connectivity index is 2.05. The number of nitrogens with zero attached hydrogens (tertiary/aromatic N) is 1. The van der Waals surface area contributed by atoms with Gasteiger partial charge in [-0.05, 0) is 11.6 Å². The molecule has 22 heavy (non-hydrogen) atoms. The molecule has 0 aliphatic carbocycles. The maximum atomic E-state index is 12.2. The molecule has 0 saturated carbocycles. The third kappa shape index (κ3) is 4.54. The molecule has 1 heterocycles. The van der Waals surface area contributed by atoms with E-state index in [9.17, 15) is 14.1 Å². The van der Waals surface area contributed by atoms with E-state index in [2.05, 4.69) is 5.32 Å². The number of pyridine rings is 1. The maximum absolute atomic E-state index is 12.2. The Bertz CT molecular complexity index is 698. The summed E-state index contributed by atoms with van der Waals surface area (Å²) in [4.78, 5) is 12.2. The van der Waals surface area contributed by atoms with Gasteiger partial charge in [0.2, 0.25) is 0 Å². The summed E-state index contributed by atoms with van der Waals surface area (Å²) in [6.07, 6.45) is 3.33. The highest BCUT2D eigenvalue weighted by Crippen LogP contribution is 2.11. The molecule has 2 rings (SSSR count). The van der Waals surface area contributed by atoms with Crippen molar-refractivity contribution in [3.8, 4) is 5.75 Å². The van der Waals surface area contributed by atoms with E-state index >= 15 is 0 Å². The Hall–Kier alpha value is -1.92. The number of hydrogen-bond donors (Lipinski definition) is 2. The fraction of sp³-hybridized carbons (Fsp3) is 0.312.